The van der Waals surface area contributed by atoms with Crippen molar-refractivity contribution >= 4 is 94.8 Å². The molecule has 0 aliphatic rings. The highest BCUT2D eigenvalue weighted by molar-refractivity contribution is 7.99. The van der Waals surface area contributed by atoms with Gasteiger partial charge in [-0.15, -0.1) is 0 Å². The lowest BCUT2D eigenvalue weighted by atomic mass is 10.2. The van der Waals surface area contributed by atoms with Crippen LogP contribution in [0.5, 0.6) is 0 Å². The van der Waals surface area contributed by atoms with Gasteiger partial charge in [-0.3, -0.25) is 38.4 Å². The molecule has 0 aromatic rings. The Labute approximate surface area is 558 Å². The Kier molecular flexibility index (Phi) is 58.5. The summed E-state index contributed by atoms with van der Waals surface area (Å²) in [7, 11) is 1.99. The van der Waals surface area contributed by atoms with Crippen LogP contribution in [0.25, 0.3) is 0 Å². The van der Waals surface area contributed by atoms with E-state index < -0.39 is 23.9 Å². The molecule has 0 amide bonds. The molecule has 0 saturated heterocycles. The second kappa shape index (κ2) is 61.2. The Morgan fingerprint density at radius 3 is 0.767 bits per heavy atom. The number of esters is 8. The normalized spacial score (nSPS) is 13.1. The maximum Gasteiger partial charge on any atom is 0.309 e. The number of hydrogen-bond acceptors (Lipinski definition) is 23. The Morgan fingerprint density at radius 2 is 0.544 bits per heavy atom. The van der Waals surface area contributed by atoms with E-state index in [0.717, 1.165) is 74.4 Å². The van der Waals surface area contributed by atoms with E-state index in [4.69, 9.17) is 37.9 Å². The molecule has 518 valence electrons. The third-order valence-electron chi connectivity index (χ3n) is 13.3. The molecule has 0 aliphatic heterocycles. The fraction of sp³-hybridized carbons (Fsp3) is 0.761. The van der Waals surface area contributed by atoms with E-state index in [1.807, 2.05) is 44.5 Å². The molecular weight excluding hydrogens is 1230 g/mol. The lowest BCUT2D eigenvalue weighted by molar-refractivity contribution is -0.154. The van der Waals surface area contributed by atoms with Crippen molar-refractivity contribution in [3.8, 4) is 0 Å². The molecule has 23 heteroatoms. The summed E-state index contributed by atoms with van der Waals surface area (Å²) in [6.45, 7) is 18.9. The molecule has 0 radical (unpaired) electrons. The van der Waals surface area contributed by atoms with Crippen LogP contribution in [0.1, 0.15) is 145 Å². The topological polar surface area (TPSA) is 220 Å². The largest absolute Gasteiger partial charge is 0.462 e. The van der Waals surface area contributed by atoms with Crippen molar-refractivity contribution in [3.05, 3.63) is 48.6 Å². The average Bonchev–Trinajstić information content (AvgIpc) is 3.60. The highest BCUT2D eigenvalue weighted by atomic mass is 32.2. The van der Waals surface area contributed by atoms with Crippen LogP contribution < -0.4 is 0 Å². The van der Waals surface area contributed by atoms with Gasteiger partial charge in [0.25, 0.3) is 0 Å². The zero-order valence-corrected chi connectivity index (χ0v) is 59.6. The Hall–Kier alpha value is -4.00. The van der Waals surface area contributed by atoms with E-state index in [9.17, 15) is 38.4 Å². The maximum absolute atomic E-state index is 12.9. The highest BCUT2D eigenvalue weighted by Gasteiger charge is 2.20. The first-order valence-electron chi connectivity index (χ1n) is 32.8. The summed E-state index contributed by atoms with van der Waals surface area (Å²) < 4.78 is 43.2. The quantitative estimate of drug-likeness (QED) is 0.0239. The predicted octanol–water partition coefficient (Wildman–Crippen LogP) is 11.1. The molecule has 0 bridgehead atoms. The van der Waals surface area contributed by atoms with Gasteiger partial charge in [0.05, 0.1) is 49.4 Å². The fourth-order valence-corrected chi connectivity index (χ4v) is 11.8. The number of allylic oxidation sites excluding steroid dienone is 8. The molecule has 0 heterocycles. The van der Waals surface area contributed by atoms with Crippen LogP contribution in [0.2, 0.25) is 0 Å². The van der Waals surface area contributed by atoms with Crippen molar-refractivity contribution in [3.63, 3.8) is 0 Å². The van der Waals surface area contributed by atoms with Gasteiger partial charge >= 0.3 is 47.8 Å². The van der Waals surface area contributed by atoms with Gasteiger partial charge in [-0.2, -0.15) is 47.0 Å². The minimum Gasteiger partial charge on any atom is -0.462 e. The number of hydrogen-bond donors (Lipinski definition) is 0. The number of carbonyl (C=O) groups is 8. The zero-order valence-electron chi connectivity index (χ0n) is 56.3. The van der Waals surface area contributed by atoms with Gasteiger partial charge < -0.3 is 52.6 Å². The molecule has 0 aromatic heterocycles. The standard InChI is InChI=1S/C67H115N3O16S4/c1-10-14-18-22-48-87-52-56(5)64(75)83-44-40-79-60(71)28-36-69(37-29-61(72)80-41-45-84-65(76)57(6)53-88-49-23-19-15-11-2)34-26-32-68(9)33-27-35-70(38-30-62(73)81-42-46-85-66(77)58(7)54-89-50-24-20-16-12-3)39-31-63(74)82-43-47-86-67(78)59(8)55-90-51-25-21-17-13-4/h14-21,56-59H,10-13,22-55H2,1-9H3/b18-14+,19-15+,20-16+,21-17+. The molecule has 19 nitrogen and oxygen atoms in total. The van der Waals surface area contributed by atoms with Crippen LogP contribution in [0.3, 0.4) is 0 Å². The van der Waals surface area contributed by atoms with Gasteiger partial charge in [-0.1, -0.05) is 104 Å². The minimum atomic E-state index is -0.460. The van der Waals surface area contributed by atoms with Gasteiger partial charge in [-0.25, -0.2) is 0 Å². The van der Waals surface area contributed by atoms with E-state index in [1.54, 1.807) is 47.0 Å². The summed E-state index contributed by atoms with van der Waals surface area (Å²) >= 11 is 6.78. The third kappa shape index (κ3) is 53.5. The minimum absolute atomic E-state index is 0.0455. The smallest absolute Gasteiger partial charge is 0.309 e. The Morgan fingerprint density at radius 1 is 0.322 bits per heavy atom. The zero-order chi connectivity index (χ0) is 66.7. The van der Waals surface area contributed by atoms with Gasteiger partial charge in [0.15, 0.2) is 0 Å². The van der Waals surface area contributed by atoms with Crippen LogP contribution in [-0.2, 0) is 76.3 Å². The summed E-state index contributed by atoms with van der Waals surface area (Å²) in [6.07, 6.45) is 26.4. The van der Waals surface area contributed by atoms with Crippen molar-refractivity contribution in [2.75, 3.05) is 158 Å². The lowest BCUT2D eigenvalue weighted by Crippen LogP contribution is -2.34. The number of ether oxygens (including phenoxy) is 8. The van der Waals surface area contributed by atoms with Gasteiger partial charge in [0, 0.05) is 49.2 Å². The molecule has 0 N–H and O–H groups in total. The van der Waals surface area contributed by atoms with Crippen LogP contribution in [0.4, 0.5) is 0 Å². The van der Waals surface area contributed by atoms with Gasteiger partial charge in [0.2, 0.25) is 0 Å². The molecule has 0 aromatic carbocycles. The summed E-state index contributed by atoms with van der Waals surface area (Å²) in [6, 6.07) is 0. The maximum atomic E-state index is 12.9. The third-order valence-corrected chi connectivity index (χ3v) is 18.4. The molecule has 0 aliphatic carbocycles. The van der Waals surface area contributed by atoms with Crippen molar-refractivity contribution in [1.29, 1.82) is 0 Å². The van der Waals surface area contributed by atoms with E-state index in [-0.39, 0.29) is 126 Å². The highest BCUT2D eigenvalue weighted by Crippen LogP contribution is 2.16. The monoisotopic (exact) mass is 1350 g/mol. The summed E-state index contributed by atoms with van der Waals surface area (Å²) in [5.74, 6) is 1.91. The summed E-state index contributed by atoms with van der Waals surface area (Å²) in [5.41, 5.74) is 0. The number of thioether (sulfide) groups is 4. The fourth-order valence-electron chi connectivity index (χ4n) is 8.01. The van der Waals surface area contributed by atoms with Crippen LogP contribution in [0, 0.1) is 23.7 Å². The molecule has 0 spiro atoms. The second-order valence-electron chi connectivity index (χ2n) is 21.8. The first-order valence-corrected chi connectivity index (χ1v) is 37.4. The lowest BCUT2D eigenvalue weighted by Gasteiger charge is -2.25. The molecule has 4 atom stereocenters. The number of carbonyl (C=O) groups excluding carboxylic acids is 8. The van der Waals surface area contributed by atoms with Gasteiger partial charge in [0.1, 0.15) is 52.9 Å². The van der Waals surface area contributed by atoms with Crippen molar-refractivity contribution in [2.45, 2.75) is 145 Å². The van der Waals surface area contributed by atoms with Crippen LogP contribution in [-0.4, -0.2) is 221 Å². The molecular formula is C67H115N3O16S4. The van der Waals surface area contributed by atoms with E-state index >= 15 is 0 Å². The van der Waals surface area contributed by atoms with E-state index in [2.05, 4.69) is 81.2 Å². The predicted molar refractivity (Wildman–Crippen MR) is 368 cm³/mol. The Bertz CT molecular complexity index is 1770. The molecule has 90 heavy (non-hydrogen) atoms. The van der Waals surface area contributed by atoms with E-state index in [0.29, 0.717) is 88.2 Å². The van der Waals surface area contributed by atoms with Crippen LogP contribution in [0.15, 0.2) is 48.6 Å². The molecule has 0 rings (SSSR count). The average molecular weight is 1350 g/mol. The number of rotatable bonds is 60. The van der Waals surface area contributed by atoms with Crippen molar-refractivity contribution in [1.82, 2.24) is 14.7 Å². The van der Waals surface area contributed by atoms with Crippen molar-refractivity contribution in [2.24, 2.45) is 23.7 Å². The van der Waals surface area contributed by atoms with E-state index in [1.165, 1.54) is 0 Å². The summed E-state index contributed by atoms with van der Waals surface area (Å²) in [5, 5.41) is 0. The second-order valence-corrected chi connectivity index (χ2v) is 26.4. The first kappa shape index (κ1) is 86.0. The van der Waals surface area contributed by atoms with Crippen LogP contribution >= 0.6 is 47.0 Å². The molecule has 0 fully saturated rings. The SMILES string of the molecule is CC/C=C/CCSCC(C)C(=O)OCCOC(=O)CCN(CCCN(C)CCCN(CCC(=O)OCCOC(=O)C(C)CSCC/C=C/CC)CCC(=O)OCCOC(=O)C(C)CSCC/C=C/CC)CCC(=O)OCCOC(=O)C(C)CSCC/C=C/CC. The first-order chi connectivity index (χ1) is 43.5. The Balaban J connectivity index is 5.51. The van der Waals surface area contributed by atoms with Gasteiger partial charge in [-0.05, 0) is 120 Å². The number of nitrogens with zero attached hydrogens (tertiary/aromatic N) is 3. The molecule has 0 saturated carbocycles. The molecule has 4 unspecified atom stereocenters. The summed E-state index contributed by atoms with van der Waals surface area (Å²) in [4.78, 5) is 108. The van der Waals surface area contributed by atoms with Crippen molar-refractivity contribution < 1.29 is 76.3 Å².